The first-order valence-electron chi connectivity index (χ1n) is 6.07. The van der Waals surface area contributed by atoms with Gasteiger partial charge in [0.15, 0.2) is 0 Å². The van der Waals surface area contributed by atoms with E-state index < -0.39 is 0 Å². The first kappa shape index (κ1) is 13.5. The first-order valence-corrected chi connectivity index (χ1v) is 6.07. The van der Waals surface area contributed by atoms with Crippen molar-refractivity contribution in [2.75, 3.05) is 32.9 Å². The summed E-state index contributed by atoms with van der Waals surface area (Å²) in [5, 5.41) is 11.0. The molecule has 0 aromatic rings. The Kier molecular flexibility index (Phi) is 5.77. The van der Waals surface area contributed by atoms with Crippen LogP contribution in [0.3, 0.4) is 0 Å². The zero-order valence-corrected chi connectivity index (χ0v) is 10.3. The summed E-state index contributed by atoms with van der Waals surface area (Å²) in [6.45, 7) is 6.62. The van der Waals surface area contributed by atoms with Crippen molar-refractivity contribution in [2.24, 2.45) is 11.8 Å². The molecule has 1 unspecified atom stereocenters. The summed E-state index contributed by atoms with van der Waals surface area (Å²) in [7, 11) is 0. The summed E-state index contributed by atoms with van der Waals surface area (Å²) in [5.74, 6) is 0.594. The Hall–Kier alpha value is -0.610. The van der Waals surface area contributed by atoms with Gasteiger partial charge in [0, 0.05) is 19.5 Å². The number of carbonyl (C=O) groups is 1. The number of ether oxygens (including phenoxy) is 1. The quantitative estimate of drug-likeness (QED) is 0.712. The monoisotopic (exact) mass is 228 g/mol. The van der Waals surface area contributed by atoms with Gasteiger partial charge in [0.05, 0.1) is 19.8 Å². The van der Waals surface area contributed by atoms with Crippen molar-refractivity contribution in [3.8, 4) is 0 Å². The molecule has 0 bridgehead atoms. The molecule has 0 aromatic heterocycles. The Morgan fingerprint density at radius 3 is 2.44 bits per heavy atom. The van der Waals surface area contributed by atoms with Gasteiger partial charge < -0.3 is 9.64 Å². The maximum Gasteiger partial charge on any atom is 0.223 e. The number of morpholine rings is 1. The van der Waals surface area contributed by atoms with E-state index in [-0.39, 0.29) is 18.4 Å². The number of amides is 1. The molecule has 4 nitrogen and oxygen atoms in total. The molecule has 4 heteroatoms. The highest BCUT2D eigenvalue weighted by Crippen LogP contribution is 2.16. The third-order valence-electron chi connectivity index (χ3n) is 2.87. The lowest BCUT2D eigenvalue weighted by Gasteiger charge is -2.28. The molecule has 0 aliphatic carbocycles. The van der Waals surface area contributed by atoms with Crippen LogP contribution < -0.4 is 0 Å². The van der Waals surface area contributed by atoms with Crippen molar-refractivity contribution in [2.45, 2.75) is 26.7 Å². The molecule has 1 atom stereocenters. The van der Waals surface area contributed by atoms with Gasteiger partial charge in [-0.05, 0) is 18.3 Å². The lowest BCUT2D eigenvalue weighted by Crippen LogP contribution is -2.41. The van der Waals surface area contributed by atoms with Crippen LogP contribution in [0.1, 0.15) is 26.7 Å². The number of carbonyl (C=O) groups excluding carboxylic acids is 1. The summed E-state index contributed by atoms with van der Waals surface area (Å²) in [6, 6.07) is 0. The van der Waals surface area contributed by atoms with E-state index >= 15 is 0 Å². The Morgan fingerprint density at radius 2 is 1.94 bits per heavy atom. The average molecular weight is 228 g/mol. The second-order valence-corrected chi connectivity index (χ2v) is 4.86. The molecule has 1 fully saturated rings. The van der Waals surface area contributed by atoms with E-state index in [4.69, 9.17) is 4.74 Å². The summed E-state index contributed by atoms with van der Waals surface area (Å²) in [4.78, 5) is 13.7. The van der Waals surface area contributed by atoms with E-state index in [0.29, 0.717) is 38.6 Å². The van der Waals surface area contributed by atoms with Crippen LogP contribution in [0.2, 0.25) is 0 Å². The fraction of sp³-hybridized carbons (Fsp3) is 0.917. The third kappa shape index (κ3) is 4.49. The topological polar surface area (TPSA) is 49.4 Å². The summed E-state index contributed by atoms with van der Waals surface area (Å²) >= 11 is 0. The zero-order valence-electron chi connectivity index (χ0n) is 10.3. The van der Waals surface area contributed by atoms with Crippen LogP contribution in [0.4, 0.5) is 0 Å². The molecule has 1 saturated heterocycles. The minimum atomic E-state index is -0.145. The van der Waals surface area contributed by atoms with Crippen molar-refractivity contribution in [1.82, 2.24) is 4.90 Å². The lowest BCUT2D eigenvalue weighted by molar-refractivity contribution is -0.137. The van der Waals surface area contributed by atoms with E-state index in [1.807, 2.05) is 4.90 Å². The largest absolute Gasteiger partial charge is 0.378 e. The Balaban J connectivity index is 2.35. The summed E-state index contributed by atoms with van der Waals surface area (Å²) in [5.41, 5.74) is 0. The average Bonchev–Trinajstić information content (AvgIpc) is 2.28. The second-order valence-electron chi connectivity index (χ2n) is 4.86. The highest BCUT2D eigenvalue weighted by Gasteiger charge is 2.21. The van der Waals surface area contributed by atoms with Crippen molar-refractivity contribution in [1.29, 1.82) is 0 Å². The normalized spacial score (nSPS) is 18.9. The smallest absolute Gasteiger partial charge is 0.223 e. The standard InChI is InChI=1S/C12H22NO3/c1-10(2)7-11(9-14)8-12(15)13-3-5-16-6-4-13/h10-11H,3-9H2,1-2H3. The van der Waals surface area contributed by atoms with E-state index in [9.17, 15) is 9.90 Å². The van der Waals surface area contributed by atoms with Gasteiger partial charge in [-0.25, -0.2) is 5.11 Å². The van der Waals surface area contributed by atoms with E-state index in [0.717, 1.165) is 6.42 Å². The number of hydrogen-bond acceptors (Lipinski definition) is 2. The van der Waals surface area contributed by atoms with Gasteiger partial charge in [0.1, 0.15) is 0 Å². The van der Waals surface area contributed by atoms with E-state index in [1.165, 1.54) is 0 Å². The van der Waals surface area contributed by atoms with Gasteiger partial charge in [-0.2, -0.15) is 0 Å². The molecule has 0 saturated carbocycles. The van der Waals surface area contributed by atoms with Crippen LogP contribution in [0.25, 0.3) is 0 Å². The molecule has 1 rings (SSSR count). The van der Waals surface area contributed by atoms with Gasteiger partial charge >= 0.3 is 0 Å². The molecule has 0 N–H and O–H groups in total. The fourth-order valence-corrected chi connectivity index (χ4v) is 2.07. The van der Waals surface area contributed by atoms with E-state index in [2.05, 4.69) is 13.8 Å². The minimum absolute atomic E-state index is 0.00431. The van der Waals surface area contributed by atoms with Gasteiger partial charge in [-0.15, -0.1) is 0 Å². The molecule has 1 aliphatic heterocycles. The number of hydrogen-bond donors (Lipinski definition) is 0. The van der Waals surface area contributed by atoms with Crippen LogP contribution >= 0.6 is 0 Å². The first-order chi connectivity index (χ1) is 7.63. The summed E-state index contributed by atoms with van der Waals surface area (Å²) in [6.07, 6.45) is 1.25. The van der Waals surface area contributed by atoms with Crippen LogP contribution in [0, 0.1) is 11.8 Å². The Morgan fingerprint density at radius 1 is 1.31 bits per heavy atom. The molecule has 1 heterocycles. The lowest BCUT2D eigenvalue weighted by atomic mass is 9.94. The molecule has 16 heavy (non-hydrogen) atoms. The van der Waals surface area contributed by atoms with Crippen LogP contribution in [-0.2, 0) is 14.6 Å². The molecule has 0 spiro atoms. The molecular weight excluding hydrogens is 206 g/mol. The maximum absolute atomic E-state index is 11.9. The molecule has 1 amide bonds. The molecular formula is C12H22NO3. The predicted molar refractivity (Wildman–Crippen MR) is 60.5 cm³/mol. The van der Waals surface area contributed by atoms with Crippen LogP contribution in [-0.4, -0.2) is 43.7 Å². The SMILES string of the molecule is CC(C)CC(C[O])CC(=O)N1CCOCC1. The number of rotatable bonds is 5. The molecule has 0 aromatic carbocycles. The van der Waals surface area contributed by atoms with Gasteiger partial charge in [0.2, 0.25) is 5.91 Å². The summed E-state index contributed by atoms with van der Waals surface area (Å²) < 4.78 is 5.19. The third-order valence-corrected chi connectivity index (χ3v) is 2.87. The Labute approximate surface area is 97.6 Å². The number of nitrogens with zero attached hydrogens (tertiary/aromatic N) is 1. The van der Waals surface area contributed by atoms with Crippen molar-refractivity contribution < 1.29 is 14.6 Å². The minimum Gasteiger partial charge on any atom is -0.378 e. The maximum atomic E-state index is 11.9. The van der Waals surface area contributed by atoms with Gasteiger partial charge in [-0.3, -0.25) is 4.79 Å². The Bertz CT molecular complexity index is 212. The van der Waals surface area contributed by atoms with Crippen molar-refractivity contribution in [3.63, 3.8) is 0 Å². The predicted octanol–water partition coefficient (Wildman–Crippen LogP) is 1.33. The van der Waals surface area contributed by atoms with Crippen LogP contribution in [0.15, 0.2) is 0 Å². The van der Waals surface area contributed by atoms with Gasteiger partial charge in [-0.1, -0.05) is 13.8 Å². The zero-order chi connectivity index (χ0) is 12.0. The highest BCUT2D eigenvalue weighted by molar-refractivity contribution is 5.76. The van der Waals surface area contributed by atoms with Crippen molar-refractivity contribution >= 4 is 5.91 Å². The van der Waals surface area contributed by atoms with Gasteiger partial charge in [0.25, 0.3) is 0 Å². The molecule has 1 radical (unpaired) electrons. The second kappa shape index (κ2) is 6.86. The fourth-order valence-electron chi connectivity index (χ4n) is 2.07. The van der Waals surface area contributed by atoms with E-state index in [1.54, 1.807) is 0 Å². The molecule has 93 valence electrons. The highest BCUT2D eigenvalue weighted by atomic mass is 16.5. The molecule has 1 aliphatic rings. The van der Waals surface area contributed by atoms with Crippen LogP contribution in [0.5, 0.6) is 0 Å². The van der Waals surface area contributed by atoms with Crippen molar-refractivity contribution in [3.05, 3.63) is 0 Å².